The summed E-state index contributed by atoms with van der Waals surface area (Å²) in [6, 6.07) is 14.8. The predicted octanol–water partition coefficient (Wildman–Crippen LogP) is 3.25. The van der Waals surface area contributed by atoms with Gasteiger partial charge in [0.05, 0.1) is 18.5 Å². The number of carbonyl (C=O) groups excluding carboxylic acids is 2. The molecule has 2 aromatic carbocycles. The Morgan fingerprint density at radius 2 is 1.61 bits per heavy atom. The van der Waals surface area contributed by atoms with E-state index in [0.29, 0.717) is 24.4 Å². The fourth-order valence-electron chi connectivity index (χ4n) is 3.32. The second-order valence-electron chi connectivity index (χ2n) is 7.17. The van der Waals surface area contributed by atoms with Crippen molar-refractivity contribution in [2.75, 3.05) is 43.5 Å². The number of piperazine rings is 1. The van der Waals surface area contributed by atoms with Crippen LogP contribution in [0.4, 0.5) is 11.4 Å². The van der Waals surface area contributed by atoms with Gasteiger partial charge in [0.1, 0.15) is 5.75 Å². The molecule has 0 atom stereocenters. The number of rotatable bonds is 5. The van der Waals surface area contributed by atoms with Gasteiger partial charge >= 0.3 is 0 Å². The van der Waals surface area contributed by atoms with Crippen LogP contribution in [-0.4, -0.2) is 50.0 Å². The van der Waals surface area contributed by atoms with Gasteiger partial charge in [0.2, 0.25) is 5.91 Å². The summed E-state index contributed by atoms with van der Waals surface area (Å²) in [5, 5.41) is 3.01. The molecule has 1 saturated heterocycles. The highest BCUT2D eigenvalue weighted by molar-refractivity contribution is 6.06. The van der Waals surface area contributed by atoms with Gasteiger partial charge in [-0.05, 0) is 36.4 Å². The fourth-order valence-corrected chi connectivity index (χ4v) is 3.32. The lowest BCUT2D eigenvalue weighted by Crippen LogP contribution is -2.50. The summed E-state index contributed by atoms with van der Waals surface area (Å²) >= 11 is 0. The van der Waals surface area contributed by atoms with Gasteiger partial charge in [0.15, 0.2) is 0 Å². The Kier molecular flexibility index (Phi) is 6.19. The third-order valence-electron chi connectivity index (χ3n) is 4.93. The molecule has 1 fully saturated rings. The number of benzene rings is 2. The normalized spacial score (nSPS) is 14.1. The molecule has 0 radical (unpaired) electrons. The molecule has 0 saturated carbocycles. The van der Waals surface area contributed by atoms with E-state index < -0.39 is 0 Å². The van der Waals surface area contributed by atoms with Gasteiger partial charge in [-0.25, -0.2) is 0 Å². The van der Waals surface area contributed by atoms with Gasteiger partial charge in [-0.15, -0.1) is 0 Å². The Labute approximate surface area is 166 Å². The molecule has 1 aliphatic heterocycles. The van der Waals surface area contributed by atoms with Gasteiger partial charge in [0, 0.05) is 37.7 Å². The Morgan fingerprint density at radius 3 is 2.21 bits per heavy atom. The summed E-state index contributed by atoms with van der Waals surface area (Å²) in [5.41, 5.74) is 2.32. The van der Waals surface area contributed by atoms with Crippen molar-refractivity contribution < 1.29 is 14.3 Å². The van der Waals surface area contributed by atoms with Crippen molar-refractivity contribution >= 4 is 23.2 Å². The Hall–Kier alpha value is -3.02. The maximum atomic E-state index is 12.6. The van der Waals surface area contributed by atoms with E-state index in [2.05, 4.69) is 10.2 Å². The molecule has 1 heterocycles. The maximum absolute atomic E-state index is 12.6. The number of nitrogens with zero attached hydrogens (tertiary/aromatic N) is 2. The second kappa shape index (κ2) is 8.78. The topological polar surface area (TPSA) is 61.9 Å². The first-order chi connectivity index (χ1) is 13.5. The summed E-state index contributed by atoms with van der Waals surface area (Å²) in [7, 11) is 1.60. The molecule has 28 heavy (non-hydrogen) atoms. The zero-order valence-corrected chi connectivity index (χ0v) is 16.6. The summed E-state index contributed by atoms with van der Waals surface area (Å²) in [5.74, 6) is 0.762. The quantitative estimate of drug-likeness (QED) is 0.864. The monoisotopic (exact) mass is 381 g/mol. The number of anilines is 2. The van der Waals surface area contributed by atoms with Crippen LogP contribution in [0.1, 0.15) is 24.2 Å². The fraction of sp³-hybridized carbons (Fsp3) is 0.364. The largest absolute Gasteiger partial charge is 0.497 e. The minimum atomic E-state index is -0.163. The van der Waals surface area contributed by atoms with Crippen LogP contribution in [0.2, 0.25) is 0 Å². The van der Waals surface area contributed by atoms with Crippen molar-refractivity contribution in [2.45, 2.75) is 13.8 Å². The molecule has 0 aliphatic carbocycles. The summed E-state index contributed by atoms with van der Waals surface area (Å²) in [4.78, 5) is 29.0. The van der Waals surface area contributed by atoms with Crippen LogP contribution in [0.25, 0.3) is 0 Å². The molecule has 1 N–H and O–H groups in total. The minimum Gasteiger partial charge on any atom is -0.497 e. The zero-order chi connectivity index (χ0) is 20.1. The van der Waals surface area contributed by atoms with E-state index >= 15 is 0 Å². The Balaban J connectivity index is 1.69. The first-order valence-electron chi connectivity index (χ1n) is 9.57. The van der Waals surface area contributed by atoms with Crippen molar-refractivity contribution in [3.8, 4) is 5.75 Å². The number of hydrogen-bond acceptors (Lipinski definition) is 4. The summed E-state index contributed by atoms with van der Waals surface area (Å²) in [6.45, 7) is 6.73. The second-order valence-corrected chi connectivity index (χ2v) is 7.17. The highest BCUT2D eigenvalue weighted by atomic mass is 16.5. The van der Waals surface area contributed by atoms with E-state index in [9.17, 15) is 9.59 Å². The average Bonchev–Trinajstić information content (AvgIpc) is 2.73. The number of ether oxygens (including phenoxy) is 1. The molecule has 2 amide bonds. The molecular formula is C22H27N3O3. The smallest absolute Gasteiger partial charge is 0.255 e. The van der Waals surface area contributed by atoms with Crippen LogP contribution in [0.3, 0.4) is 0 Å². The number of nitrogens with one attached hydrogen (secondary N) is 1. The number of amides is 2. The number of para-hydroxylation sites is 2. The van der Waals surface area contributed by atoms with Crippen LogP contribution in [0.5, 0.6) is 5.75 Å². The van der Waals surface area contributed by atoms with Gasteiger partial charge in [0.25, 0.3) is 5.91 Å². The molecule has 0 bridgehead atoms. The molecule has 6 nitrogen and oxygen atoms in total. The standard InChI is InChI=1S/C22H27N3O3/c1-16(2)22(27)25-14-12-24(13-15-25)20-7-5-4-6-19(20)23-21(26)17-8-10-18(28-3)11-9-17/h4-11,16H,12-15H2,1-3H3,(H,23,26). The van der Waals surface area contributed by atoms with E-state index in [0.717, 1.165) is 24.5 Å². The minimum absolute atomic E-state index is 0.0163. The number of methoxy groups -OCH3 is 1. The highest BCUT2D eigenvalue weighted by Crippen LogP contribution is 2.27. The molecular weight excluding hydrogens is 354 g/mol. The van der Waals surface area contributed by atoms with Crippen LogP contribution < -0.4 is 15.0 Å². The third kappa shape index (κ3) is 4.44. The van der Waals surface area contributed by atoms with Gasteiger partial charge in [-0.1, -0.05) is 26.0 Å². The molecule has 0 unspecified atom stereocenters. The van der Waals surface area contributed by atoms with E-state index in [4.69, 9.17) is 4.74 Å². The SMILES string of the molecule is COc1ccc(C(=O)Nc2ccccc2N2CCN(C(=O)C(C)C)CC2)cc1. The lowest BCUT2D eigenvalue weighted by Gasteiger charge is -2.37. The number of carbonyl (C=O) groups is 2. The first kappa shape index (κ1) is 19.7. The molecule has 0 aromatic heterocycles. The van der Waals surface area contributed by atoms with Crippen LogP contribution >= 0.6 is 0 Å². The van der Waals surface area contributed by atoms with Gasteiger partial charge in [-0.3, -0.25) is 9.59 Å². The van der Waals surface area contributed by atoms with Crippen molar-refractivity contribution in [2.24, 2.45) is 5.92 Å². The zero-order valence-electron chi connectivity index (χ0n) is 16.6. The van der Waals surface area contributed by atoms with Crippen molar-refractivity contribution in [1.29, 1.82) is 0 Å². The average molecular weight is 381 g/mol. The third-order valence-corrected chi connectivity index (χ3v) is 4.93. The Bertz CT molecular complexity index is 825. The lowest BCUT2D eigenvalue weighted by molar-refractivity contribution is -0.134. The maximum Gasteiger partial charge on any atom is 0.255 e. The van der Waals surface area contributed by atoms with Crippen molar-refractivity contribution in [1.82, 2.24) is 4.90 Å². The van der Waals surface area contributed by atoms with Crippen LogP contribution in [-0.2, 0) is 4.79 Å². The van der Waals surface area contributed by atoms with E-state index in [1.165, 1.54) is 0 Å². The summed E-state index contributed by atoms with van der Waals surface area (Å²) < 4.78 is 5.14. The number of hydrogen-bond donors (Lipinski definition) is 1. The van der Waals surface area contributed by atoms with Gasteiger partial charge in [-0.2, -0.15) is 0 Å². The van der Waals surface area contributed by atoms with Crippen LogP contribution in [0.15, 0.2) is 48.5 Å². The van der Waals surface area contributed by atoms with Crippen molar-refractivity contribution in [3.05, 3.63) is 54.1 Å². The molecule has 3 rings (SSSR count). The predicted molar refractivity (Wildman–Crippen MR) is 111 cm³/mol. The van der Waals surface area contributed by atoms with E-state index in [-0.39, 0.29) is 17.7 Å². The van der Waals surface area contributed by atoms with E-state index in [1.54, 1.807) is 31.4 Å². The van der Waals surface area contributed by atoms with Crippen molar-refractivity contribution in [3.63, 3.8) is 0 Å². The summed E-state index contributed by atoms with van der Waals surface area (Å²) in [6.07, 6.45) is 0. The Morgan fingerprint density at radius 1 is 0.964 bits per heavy atom. The van der Waals surface area contributed by atoms with Crippen LogP contribution in [0, 0.1) is 5.92 Å². The molecule has 148 valence electrons. The van der Waals surface area contributed by atoms with Gasteiger partial charge < -0.3 is 19.9 Å². The molecule has 1 aliphatic rings. The lowest BCUT2D eigenvalue weighted by atomic mass is 10.1. The molecule has 0 spiro atoms. The first-order valence-corrected chi connectivity index (χ1v) is 9.57. The molecule has 6 heteroatoms. The highest BCUT2D eigenvalue weighted by Gasteiger charge is 2.24. The molecule has 2 aromatic rings. The van der Waals surface area contributed by atoms with E-state index in [1.807, 2.05) is 43.0 Å².